The van der Waals surface area contributed by atoms with Crippen molar-refractivity contribution in [3.8, 4) is 0 Å². The van der Waals surface area contributed by atoms with Gasteiger partial charge < -0.3 is 0 Å². The second-order valence-electron chi connectivity index (χ2n) is 4.03. The van der Waals surface area contributed by atoms with Gasteiger partial charge in [-0.05, 0) is 44.3 Å². The van der Waals surface area contributed by atoms with Crippen LogP contribution >= 0.6 is 0 Å². The molecule has 0 rings (SSSR count). The van der Waals surface area contributed by atoms with Gasteiger partial charge in [0.15, 0.2) is 0 Å². The van der Waals surface area contributed by atoms with Crippen molar-refractivity contribution in [2.24, 2.45) is 5.92 Å². The van der Waals surface area contributed by atoms with E-state index in [9.17, 15) is 0 Å². The molecule has 0 amide bonds. The molecule has 0 saturated heterocycles. The highest BCUT2D eigenvalue weighted by molar-refractivity contribution is 4.93. The van der Waals surface area contributed by atoms with Crippen LogP contribution < -0.4 is 0 Å². The third-order valence-electron chi connectivity index (χ3n) is 1.77. The average Bonchev–Trinajstić information content (AvgIpc) is 1.95. The molecule has 0 heterocycles. The van der Waals surface area contributed by atoms with E-state index in [-0.39, 0.29) is 0 Å². The van der Waals surface area contributed by atoms with Crippen molar-refractivity contribution in [1.82, 2.24) is 0 Å². The van der Waals surface area contributed by atoms with Crippen LogP contribution in [0.1, 0.15) is 53.4 Å². The molecule has 0 bridgehead atoms. The van der Waals surface area contributed by atoms with E-state index < -0.39 is 0 Å². The van der Waals surface area contributed by atoms with Crippen LogP contribution in [0, 0.1) is 5.92 Å². The number of allylic oxidation sites excluding steroid dienone is 1. The predicted molar refractivity (Wildman–Crippen MR) is 56.3 cm³/mol. The van der Waals surface area contributed by atoms with Crippen LogP contribution in [0.15, 0.2) is 17.4 Å². The largest absolute Gasteiger partial charge is 0.127 e. The Bertz CT molecular complexity index is 153. The quantitative estimate of drug-likeness (QED) is 0.421. The first-order chi connectivity index (χ1) is 5.63. The second kappa shape index (κ2) is 7.18. The van der Waals surface area contributed by atoms with E-state index in [0.29, 0.717) is 0 Å². The summed E-state index contributed by atoms with van der Waals surface area (Å²) in [5, 5.41) is 0. The Morgan fingerprint density at radius 3 is 2.42 bits per heavy atom. The summed E-state index contributed by atoms with van der Waals surface area (Å²) in [4.78, 5) is 0. The Kier molecular flexibility index (Phi) is 6.90. The highest BCUT2D eigenvalue weighted by atomic mass is 14.0. The Morgan fingerprint density at radius 2 is 1.92 bits per heavy atom. The molecule has 0 spiro atoms. The van der Waals surface area contributed by atoms with Gasteiger partial charge in [-0.3, -0.25) is 0 Å². The molecule has 0 fully saturated rings. The van der Waals surface area contributed by atoms with Crippen LogP contribution in [-0.2, 0) is 0 Å². The first-order valence-electron chi connectivity index (χ1n) is 5.01. The SMILES string of the molecule is CC(C)=C=CCCCCC(C)C. The van der Waals surface area contributed by atoms with Crippen LogP contribution in [0.4, 0.5) is 0 Å². The van der Waals surface area contributed by atoms with E-state index in [1.54, 1.807) is 0 Å². The summed E-state index contributed by atoms with van der Waals surface area (Å²) >= 11 is 0. The van der Waals surface area contributed by atoms with Crippen LogP contribution in [0.2, 0.25) is 0 Å². The normalized spacial score (nSPS) is 9.75. The molecule has 0 aliphatic heterocycles. The minimum absolute atomic E-state index is 0.859. The van der Waals surface area contributed by atoms with Crippen LogP contribution in [0.5, 0.6) is 0 Å². The minimum Gasteiger partial charge on any atom is -0.127 e. The molecule has 0 nitrogen and oxygen atoms in total. The van der Waals surface area contributed by atoms with Gasteiger partial charge in [0, 0.05) is 0 Å². The maximum atomic E-state index is 3.23. The zero-order valence-corrected chi connectivity index (χ0v) is 8.98. The van der Waals surface area contributed by atoms with Crippen LogP contribution in [0.25, 0.3) is 0 Å². The van der Waals surface area contributed by atoms with E-state index in [1.807, 2.05) is 0 Å². The highest BCUT2D eigenvalue weighted by Gasteiger charge is 1.91. The summed E-state index contributed by atoms with van der Waals surface area (Å²) in [7, 11) is 0. The standard InChI is InChI=1S/C12H22/c1-11(2)9-7-5-6-8-10-12(3)4/h7,12H,5-6,8,10H2,1-4H3. The fraction of sp³-hybridized carbons (Fsp3) is 0.750. The van der Waals surface area contributed by atoms with Gasteiger partial charge in [0.1, 0.15) is 0 Å². The van der Waals surface area contributed by atoms with Gasteiger partial charge in [0.2, 0.25) is 0 Å². The summed E-state index contributed by atoms with van der Waals surface area (Å²) in [5.74, 6) is 0.859. The number of hydrogen-bond donors (Lipinski definition) is 0. The minimum atomic E-state index is 0.859. The molecule has 0 atom stereocenters. The Balaban J connectivity index is 3.28. The van der Waals surface area contributed by atoms with Crippen LogP contribution in [-0.4, -0.2) is 0 Å². The van der Waals surface area contributed by atoms with E-state index in [0.717, 1.165) is 5.92 Å². The smallest absolute Gasteiger partial charge is 0.0274 e. The molecule has 12 heavy (non-hydrogen) atoms. The zero-order chi connectivity index (χ0) is 9.40. The summed E-state index contributed by atoms with van der Waals surface area (Å²) < 4.78 is 0. The van der Waals surface area contributed by atoms with Crippen molar-refractivity contribution in [3.63, 3.8) is 0 Å². The summed E-state index contributed by atoms with van der Waals surface area (Å²) in [6, 6.07) is 0. The number of unbranched alkanes of at least 4 members (excludes halogenated alkanes) is 2. The summed E-state index contributed by atoms with van der Waals surface area (Å²) in [6.45, 7) is 8.74. The molecule has 0 aliphatic carbocycles. The highest BCUT2D eigenvalue weighted by Crippen LogP contribution is 2.07. The molecule has 70 valence electrons. The third kappa shape index (κ3) is 9.52. The van der Waals surface area contributed by atoms with Gasteiger partial charge in [-0.1, -0.05) is 26.7 Å². The van der Waals surface area contributed by atoms with Gasteiger partial charge >= 0.3 is 0 Å². The molecule has 0 aromatic carbocycles. The van der Waals surface area contributed by atoms with Crippen molar-refractivity contribution in [2.45, 2.75) is 53.4 Å². The molecule has 0 radical (unpaired) electrons. The lowest BCUT2D eigenvalue weighted by atomic mass is 10.1. The molecule has 0 saturated carbocycles. The lowest BCUT2D eigenvalue weighted by Crippen LogP contribution is -1.85. The van der Waals surface area contributed by atoms with Gasteiger partial charge in [-0.25, -0.2) is 0 Å². The number of hydrogen-bond acceptors (Lipinski definition) is 0. The Hall–Kier alpha value is -0.480. The van der Waals surface area contributed by atoms with Gasteiger partial charge in [-0.2, -0.15) is 0 Å². The Morgan fingerprint density at radius 1 is 1.25 bits per heavy atom. The summed E-state index contributed by atoms with van der Waals surface area (Å²) in [6.07, 6.45) is 7.40. The van der Waals surface area contributed by atoms with Crippen molar-refractivity contribution in [1.29, 1.82) is 0 Å². The van der Waals surface area contributed by atoms with Crippen molar-refractivity contribution < 1.29 is 0 Å². The molecule has 0 N–H and O–H groups in total. The molecule has 0 aromatic rings. The van der Waals surface area contributed by atoms with E-state index in [1.165, 1.54) is 31.3 Å². The van der Waals surface area contributed by atoms with E-state index >= 15 is 0 Å². The maximum absolute atomic E-state index is 3.23. The van der Waals surface area contributed by atoms with Crippen molar-refractivity contribution in [2.75, 3.05) is 0 Å². The zero-order valence-electron chi connectivity index (χ0n) is 8.98. The molecule has 0 aromatic heterocycles. The third-order valence-corrected chi connectivity index (χ3v) is 1.77. The number of rotatable bonds is 5. The lowest BCUT2D eigenvalue weighted by Gasteiger charge is -2.01. The summed E-state index contributed by atoms with van der Waals surface area (Å²) in [5.41, 5.74) is 4.50. The Labute approximate surface area is 77.4 Å². The first-order valence-corrected chi connectivity index (χ1v) is 5.01. The van der Waals surface area contributed by atoms with Crippen LogP contribution in [0.3, 0.4) is 0 Å². The topological polar surface area (TPSA) is 0 Å². The fourth-order valence-corrected chi connectivity index (χ4v) is 1.08. The average molecular weight is 166 g/mol. The molecular formula is C12H22. The molecule has 0 unspecified atom stereocenters. The van der Waals surface area contributed by atoms with Gasteiger partial charge in [-0.15, -0.1) is 5.73 Å². The monoisotopic (exact) mass is 166 g/mol. The van der Waals surface area contributed by atoms with Gasteiger partial charge in [0.25, 0.3) is 0 Å². The van der Waals surface area contributed by atoms with E-state index in [2.05, 4.69) is 39.5 Å². The molecule has 0 aliphatic rings. The van der Waals surface area contributed by atoms with Gasteiger partial charge in [0.05, 0.1) is 0 Å². The predicted octanol–water partition coefficient (Wildman–Crippen LogP) is 4.32. The molecule has 0 heteroatoms. The first kappa shape index (κ1) is 11.5. The van der Waals surface area contributed by atoms with Crippen molar-refractivity contribution in [3.05, 3.63) is 17.4 Å². The lowest BCUT2D eigenvalue weighted by molar-refractivity contribution is 0.540. The van der Waals surface area contributed by atoms with Crippen molar-refractivity contribution >= 4 is 0 Å². The maximum Gasteiger partial charge on any atom is -0.0274 e. The fourth-order valence-electron chi connectivity index (χ4n) is 1.08. The second-order valence-corrected chi connectivity index (χ2v) is 4.03. The molecular weight excluding hydrogens is 144 g/mol. The van der Waals surface area contributed by atoms with E-state index in [4.69, 9.17) is 0 Å².